The van der Waals surface area contributed by atoms with Gasteiger partial charge in [-0.2, -0.15) is 0 Å². The summed E-state index contributed by atoms with van der Waals surface area (Å²) in [6, 6.07) is 13.0. The Kier molecular flexibility index (Phi) is 4.05. The molecule has 0 aliphatic rings. The lowest BCUT2D eigenvalue weighted by atomic mass is 10.1. The van der Waals surface area contributed by atoms with E-state index < -0.39 is 0 Å². The molecule has 0 radical (unpaired) electrons. The summed E-state index contributed by atoms with van der Waals surface area (Å²) in [6.07, 6.45) is 1.04. The molecule has 0 amide bonds. The Morgan fingerprint density at radius 2 is 1.79 bits per heavy atom. The largest absolute Gasteiger partial charge is 0.398 e. The molecule has 0 heterocycles. The van der Waals surface area contributed by atoms with E-state index in [9.17, 15) is 4.39 Å². The van der Waals surface area contributed by atoms with Crippen molar-refractivity contribution in [3.63, 3.8) is 0 Å². The molecule has 0 spiro atoms. The number of nitrogens with zero attached hydrogens (tertiary/aromatic N) is 1. The second-order valence-corrected chi connectivity index (χ2v) is 4.72. The van der Waals surface area contributed by atoms with Gasteiger partial charge < -0.3 is 10.6 Å². The zero-order chi connectivity index (χ0) is 13.8. The summed E-state index contributed by atoms with van der Waals surface area (Å²) in [5, 5.41) is 0. The maximum Gasteiger partial charge on any atom is 0.125 e. The highest BCUT2D eigenvalue weighted by atomic mass is 19.1. The molecule has 0 saturated heterocycles. The monoisotopic (exact) mass is 258 g/mol. The minimum atomic E-state index is -0.295. The van der Waals surface area contributed by atoms with Gasteiger partial charge in [-0.3, -0.25) is 0 Å². The van der Waals surface area contributed by atoms with Crippen molar-refractivity contribution in [3.8, 4) is 0 Å². The summed E-state index contributed by atoms with van der Waals surface area (Å²) in [6.45, 7) is 2.80. The molecule has 2 N–H and O–H groups in total. The minimum absolute atomic E-state index is 0.295. The Morgan fingerprint density at radius 3 is 2.37 bits per heavy atom. The van der Waals surface area contributed by atoms with Gasteiger partial charge in [-0.25, -0.2) is 4.39 Å². The summed E-state index contributed by atoms with van der Waals surface area (Å²) in [4.78, 5) is 2.10. The Balaban J connectivity index is 2.13. The molecule has 0 aromatic heterocycles. The van der Waals surface area contributed by atoms with Crippen molar-refractivity contribution in [1.82, 2.24) is 0 Å². The SMILES string of the molecule is CCc1ccc(N(C)Cc2ccc(F)cc2N)cc1. The van der Waals surface area contributed by atoms with Crippen LogP contribution in [0, 0.1) is 5.82 Å². The third-order valence-electron chi connectivity index (χ3n) is 3.30. The highest BCUT2D eigenvalue weighted by Crippen LogP contribution is 2.20. The van der Waals surface area contributed by atoms with Crippen molar-refractivity contribution in [2.45, 2.75) is 19.9 Å². The van der Waals surface area contributed by atoms with Gasteiger partial charge in [0.25, 0.3) is 0 Å². The van der Waals surface area contributed by atoms with Crippen LogP contribution in [0.2, 0.25) is 0 Å². The third-order valence-corrected chi connectivity index (χ3v) is 3.30. The molecule has 0 saturated carbocycles. The number of nitrogen functional groups attached to an aromatic ring is 1. The molecule has 0 atom stereocenters. The number of aryl methyl sites for hydroxylation is 1. The van der Waals surface area contributed by atoms with Crippen LogP contribution in [0.3, 0.4) is 0 Å². The first kappa shape index (κ1) is 13.4. The Morgan fingerprint density at radius 1 is 1.11 bits per heavy atom. The number of benzene rings is 2. The van der Waals surface area contributed by atoms with Crippen LogP contribution in [-0.4, -0.2) is 7.05 Å². The van der Waals surface area contributed by atoms with E-state index in [4.69, 9.17) is 5.73 Å². The van der Waals surface area contributed by atoms with Gasteiger partial charge in [0.2, 0.25) is 0 Å². The summed E-state index contributed by atoms with van der Waals surface area (Å²) >= 11 is 0. The Hall–Kier alpha value is -2.03. The van der Waals surface area contributed by atoms with E-state index in [0.29, 0.717) is 12.2 Å². The lowest BCUT2D eigenvalue weighted by molar-refractivity contribution is 0.627. The second kappa shape index (κ2) is 5.74. The van der Waals surface area contributed by atoms with Gasteiger partial charge in [0.1, 0.15) is 5.82 Å². The molecule has 2 aromatic rings. The molecule has 0 aliphatic carbocycles. The van der Waals surface area contributed by atoms with Crippen molar-refractivity contribution < 1.29 is 4.39 Å². The Bertz CT molecular complexity index is 549. The highest BCUT2D eigenvalue weighted by molar-refractivity contribution is 5.52. The summed E-state index contributed by atoms with van der Waals surface area (Å²) in [5.41, 5.74) is 9.70. The van der Waals surface area contributed by atoms with Gasteiger partial charge in [-0.1, -0.05) is 25.1 Å². The number of hydrogen-bond donors (Lipinski definition) is 1. The molecule has 2 rings (SSSR count). The molecule has 2 aromatic carbocycles. The molecule has 100 valence electrons. The molecule has 0 bridgehead atoms. The predicted octanol–water partition coefficient (Wildman–Crippen LogP) is 3.61. The average molecular weight is 258 g/mol. The van der Waals surface area contributed by atoms with Crippen LogP contribution in [0.5, 0.6) is 0 Å². The lowest BCUT2D eigenvalue weighted by Gasteiger charge is -2.20. The smallest absolute Gasteiger partial charge is 0.125 e. The van der Waals surface area contributed by atoms with E-state index in [1.807, 2.05) is 7.05 Å². The zero-order valence-corrected chi connectivity index (χ0v) is 11.4. The average Bonchev–Trinajstić information content (AvgIpc) is 2.42. The molecular formula is C16H19FN2. The van der Waals surface area contributed by atoms with Crippen molar-refractivity contribution in [3.05, 3.63) is 59.4 Å². The fourth-order valence-corrected chi connectivity index (χ4v) is 2.04. The minimum Gasteiger partial charge on any atom is -0.398 e. The maximum absolute atomic E-state index is 13.0. The van der Waals surface area contributed by atoms with Gasteiger partial charge in [-0.15, -0.1) is 0 Å². The second-order valence-electron chi connectivity index (χ2n) is 4.72. The normalized spacial score (nSPS) is 10.5. The van der Waals surface area contributed by atoms with Crippen LogP contribution < -0.4 is 10.6 Å². The summed E-state index contributed by atoms with van der Waals surface area (Å²) in [5.74, 6) is -0.295. The van der Waals surface area contributed by atoms with Crippen molar-refractivity contribution >= 4 is 11.4 Å². The molecule has 0 fully saturated rings. The predicted molar refractivity (Wildman–Crippen MR) is 78.7 cm³/mol. The zero-order valence-electron chi connectivity index (χ0n) is 11.4. The van der Waals surface area contributed by atoms with Crippen LogP contribution in [0.4, 0.5) is 15.8 Å². The van der Waals surface area contributed by atoms with Crippen molar-refractivity contribution in [1.29, 1.82) is 0 Å². The van der Waals surface area contributed by atoms with Crippen molar-refractivity contribution in [2.24, 2.45) is 0 Å². The number of halogens is 1. The standard InChI is InChI=1S/C16H19FN2/c1-3-12-4-8-15(9-5-12)19(2)11-13-6-7-14(17)10-16(13)18/h4-10H,3,11,18H2,1-2H3. The van der Waals surface area contributed by atoms with E-state index in [0.717, 1.165) is 17.7 Å². The van der Waals surface area contributed by atoms with Gasteiger partial charge >= 0.3 is 0 Å². The first-order valence-corrected chi connectivity index (χ1v) is 6.44. The van der Waals surface area contributed by atoms with Gasteiger partial charge in [0.05, 0.1) is 0 Å². The number of hydrogen-bond acceptors (Lipinski definition) is 2. The van der Waals surface area contributed by atoms with Crippen molar-refractivity contribution in [2.75, 3.05) is 17.7 Å². The first-order chi connectivity index (χ1) is 9.10. The molecular weight excluding hydrogens is 239 g/mol. The number of rotatable bonds is 4. The van der Waals surface area contributed by atoms with E-state index in [2.05, 4.69) is 36.1 Å². The van der Waals surface area contributed by atoms with E-state index >= 15 is 0 Å². The maximum atomic E-state index is 13.0. The van der Waals surface area contributed by atoms with Crippen LogP contribution in [0.25, 0.3) is 0 Å². The van der Waals surface area contributed by atoms with Gasteiger partial charge in [0.15, 0.2) is 0 Å². The Labute approximate surface area is 113 Å². The summed E-state index contributed by atoms with van der Waals surface area (Å²) < 4.78 is 13.0. The first-order valence-electron chi connectivity index (χ1n) is 6.44. The van der Waals surface area contributed by atoms with Gasteiger partial charge in [0, 0.05) is 25.0 Å². The quantitative estimate of drug-likeness (QED) is 0.849. The molecule has 19 heavy (non-hydrogen) atoms. The third kappa shape index (κ3) is 3.25. The number of anilines is 2. The lowest BCUT2D eigenvalue weighted by Crippen LogP contribution is -2.17. The molecule has 2 nitrogen and oxygen atoms in total. The van der Waals surface area contributed by atoms with Crippen LogP contribution in [0.15, 0.2) is 42.5 Å². The topological polar surface area (TPSA) is 29.3 Å². The highest BCUT2D eigenvalue weighted by Gasteiger charge is 2.06. The molecule has 0 unspecified atom stereocenters. The summed E-state index contributed by atoms with van der Waals surface area (Å²) in [7, 11) is 2.00. The van der Waals surface area contributed by atoms with Crippen LogP contribution in [0.1, 0.15) is 18.1 Å². The fraction of sp³-hybridized carbons (Fsp3) is 0.250. The molecule has 3 heteroatoms. The van der Waals surface area contributed by atoms with Crippen LogP contribution in [-0.2, 0) is 13.0 Å². The van der Waals surface area contributed by atoms with E-state index in [1.165, 1.54) is 17.7 Å². The van der Waals surface area contributed by atoms with E-state index in [1.54, 1.807) is 6.07 Å². The number of nitrogens with two attached hydrogens (primary N) is 1. The molecule has 0 aliphatic heterocycles. The van der Waals surface area contributed by atoms with Crippen LogP contribution >= 0.6 is 0 Å². The van der Waals surface area contributed by atoms with Gasteiger partial charge in [-0.05, 0) is 41.8 Å². The van der Waals surface area contributed by atoms with E-state index in [-0.39, 0.29) is 5.82 Å². The fourth-order valence-electron chi connectivity index (χ4n) is 2.04.